The highest BCUT2D eigenvalue weighted by molar-refractivity contribution is 5.96. The zero-order valence-electron chi connectivity index (χ0n) is 13.7. The quantitative estimate of drug-likeness (QED) is 0.725. The normalized spacial score (nSPS) is 48.5. The van der Waals surface area contributed by atoms with Crippen LogP contribution in [0.1, 0.15) is 34.1 Å². The Kier molecular flexibility index (Phi) is 3.45. The Balaban J connectivity index is 2.10. The molecule has 1 saturated carbocycles. The first-order valence-electron chi connectivity index (χ1n) is 7.91. The first kappa shape index (κ1) is 16.2. The number of ketones is 1. The van der Waals surface area contributed by atoms with Gasteiger partial charge in [0.1, 0.15) is 12.2 Å². The zero-order chi connectivity index (χ0) is 17.2. The summed E-state index contributed by atoms with van der Waals surface area (Å²) in [6.45, 7) is 6.42. The average Bonchev–Trinajstić information content (AvgIpc) is 2.69. The van der Waals surface area contributed by atoms with Crippen molar-refractivity contribution in [2.75, 3.05) is 0 Å². The molecule has 2 fully saturated rings. The summed E-state index contributed by atoms with van der Waals surface area (Å²) in [6.07, 6.45) is 1.90. The van der Waals surface area contributed by atoms with Crippen molar-refractivity contribution in [3.8, 4) is 0 Å². The molecule has 0 aromatic carbocycles. The van der Waals surface area contributed by atoms with Crippen molar-refractivity contribution >= 4 is 17.7 Å². The van der Waals surface area contributed by atoms with Crippen LogP contribution >= 0.6 is 0 Å². The van der Waals surface area contributed by atoms with E-state index in [2.05, 4.69) is 0 Å². The van der Waals surface area contributed by atoms with E-state index in [-0.39, 0.29) is 24.1 Å². The van der Waals surface area contributed by atoms with Crippen molar-refractivity contribution in [3.63, 3.8) is 0 Å². The molecule has 3 aliphatic rings. The van der Waals surface area contributed by atoms with Gasteiger partial charge in [0.15, 0.2) is 5.78 Å². The number of carbonyl (C=O) groups excluding carboxylic acids is 3. The number of carbonyl (C=O) groups is 3. The highest BCUT2D eigenvalue weighted by Crippen LogP contribution is 2.56. The molecule has 2 aliphatic carbocycles. The van der Waals surface area contributed by atoms with E-state index in [0.29, 0.717) is 0 Å². The summed E-state index contributed by atoms with van der Waals surface area (Å²) in [5.41, 5.74) is -2.21. The molecule has 0 amide bonds. The third-order valence-corrected chi connectivity index (χ3v) is 5.73. The minimum atomic E-state index is -1.27. The van der Waals surface area contributed by atoms with Crippen molar-refractivity contribution in [1.82, 2.24) is 0 Å². The monoisotopic (exact) mass is 322 g/mol. The highest BCUT2D eigenvalue weighted by Gasteiger charge is 2.66. The van der Waals surface area contributed by atoms with Gasteiger partial charge in [0.2, 0.25) is 0 Å². The highest BCUT2D eigenvalue weighted by atomic mass is 16.6. The number of esters is 2. The minimum Gasteiger partial charge on any atom is -0.462 e. The maximum absolute atomic E-state index is 12.5. The van der Waals surface area contributed by atoms with Gasteiger partial charge in [0.25, 0.3) is 0 Å². The third kappa shape index (κ3) is 2.23. The number of hydrogen-bond acceptors (Lipinski definition) is 6. The van der Waals surface area contributed by atoms with Crippen LogP contribution in [0.25, 0.3) is 0 Å². The Hall–Kier alpha value is -1.69. The fourth-order valence-corrected chi connectivity index (χ4v) is 4.73. The number of rotatable bonds is 1. The van der Waals surface area contributed by atoms with Crippen molar-refractivity contribution in [3.05, 3.63) is 12.2 Å². The first-order valence-corrected chi connectivity index (χ1v) is 7.91. The van der Waals surface area contributed by atoms with Crippen molar-refractivity contribution in [2.45, 2.75) is 51.9 Å². The van der Waals surface area contributed by atoms with Crippen molar-refractivity contribution in [2.24, 2.45) is 23.2 Å². The molecule has 1 heterocycles. The Morgan fingerprint density at radius 2 is 2.04 bits per heavy atom. The lowest BCUT2D eigenvalue weighted by Gasteiger charge is -2.54. The van der Waals surface area contributed by atoms with Crippen molar-refractivity contribution < 1.29 is 29.0 Å². The van der Waals surface area contributed by atoms with Crippen LogP contribution in [-0.2, 0) is 23.9 Å². The Morgan fingerprint density at radius 1 is 1.39 bits per heavy atom. The number of fused-ring (bicyclic) bond motifs is 3. The van der Waals surface area contributed by atoms with Gasteiger partial charge in [-0.2, -0.15) is 0 Å². The lowest BCUT2D eigenvalue weighted by atomic mass is 9.52. The molecule has 0 radical (unpaired) electrons. The van der Waals surface area contributed by atoms with Gasteiger partial charge in [-0.15, -0.1) is 0 Å². The van der Waals surface area contributed by atoms with E-state index in [1.165, 1.54) is 19.1 Å². The van der Waals surface area contributed by atoms with Crippen LogP contribution < -0.4 is 0 Å². The molecule has 1 N–H and O–H groups in total. The molecular formula is C17H22O6. The lowest BCUT2D eigenvalue weighted by Crippen LogP contribution is -2.63. The van der Waals surface area contributed by atoms with Crippen LogP contribution in [0, 0.1) is 23.2 Å². The molecule has 23 heavy (non-hydrogen) atoms. The summed E-state index contributed by atoms with van der Waals surface area (Å²) in [5, 5.41) is 10.8. The molecular weight excluding hydrogens is 300 g/mol. The van der Waals surface area contributed by atoms with Crippen LogP contribution in [-0.4, -0.2) is 40.6 Å². The smallest absolute Gasteiger partial charge is 0.309 e. The SMILES string of the molecule is CC(=O)OC1CC2(C)C(=O)C=CC(C)(O)C2C2OC(=O)C(C)C12. The summed E-state index contributed by atoms with van der Waals surface area (Å²) >= 11 is 0. The van der Waals surface area contributed by atoms with Gasteiger partial charge in [0, 0.05) is 24.2 Å². The van der Waals surface area contributed by atoms with Crippen LogP contribution in [0.5, 0.6) is 0 Å². The lowest BCUT2D eigenvalue weighted by molar-refractivity contribution is -0.189. The summed E-state index contributed by atoms with van der Waals surface area (Å²) in [4.78, 5) is 36.1. The predicted molar refractivity (Wildman–Crippen MR) is 79.1 cm³/mol. The standard InChI is InChI=1S/C17H22O6/c1-8-12-10(22-9(2)18)7-16(3)11(19)5-6-17(4,21)14(16)13(12)23-15(8)20/h5-6,8,10,12-14,21H,7H2,1-4H3. The van der Waals surface area contributed by atoms with Gasteiger partial charge in [-0.3, -0.25) is 14.4 Å². The van der Waals surface area contributed by atoms with E-state index in [9.17, 15) is 19.5 Å². The number of allylic oxidation sites excluding steroid dienone is 1. The number of aliphatic hydroxyl groups is 1. The largest absolute Gasteiger partial charge is 0.462 e. The second-order valence-electron chi connectivity index (χ2n) is 7.44. The molecule has 0 spiro atoms. The Labute approximate surface area is 134 Å². The maximum atomic E-state index is 12.5. The van der Waals surface area contributed by atoms with E-state index >= 15 is 0 Å². The molecule has 1 saturated heterocycles. The van der Waals surface area contributed by atoms with E-state index < -0.39 is 41.0 Å². The summed E-state index contributed by atoms with van der Waals surface area (Å²) < 4.78 is 11.0. The van der Waals surface area contributed by atoms with Crippen molar-refractivity contribution in [1.29, 1.82) is 0 Å². The van der Waals surface area contributed by atoms with Crippen LogP contribution in [0.15, 0.2) is 12.2 Å². The predicted octanol–water partition coefficient (Wildman–Crippen LogP) is 1.01. The topological polar surface area (TPSA) is 89.9 Å². The van der Waals surface area contributed by atoms with Gasteiger partial charge in [-0.25, -0.2) is 0 Å². The molecule has 3 rings (SSSR count). The molecule has 0 aromatic rings. The van der Waals surface area contributed by atoms with E-state index in [0.717, 1.165) is 0 Å². The van der Waals surface area contributed by atoms with E-state index in [1.807, 2.05) is 0 Å². The molecule has 6 heteroatoms. The average molecular weight is 322 g/mol. The molecule has 1 aliphatic heterocycles. The van der Waals surface area contributed by atoms with Gasteiger partial charge >= 0.3 is 11.9 Å². The van der Waals surface area contributed by atoms with E-state index in [4.69, 9.17) is 9.47 Å². The number of hydrogen-bond donors (Lipinski definition) is 1. The molecule has 7 unspecified atom stereocenters. The second-order valence-corrected chi connectivity index (χ2v) is 7.44. The van der Waals surface area contributed by atoms with Gasteiger partial charge in [-0.1, -0.05) is 13.8 Å². The van der Waals surface area contributed by atoms with Gasteiger partial charge < -0.3 is 14.6 Å². The summed E-state index contributed by atoms with van der Waals surface area (Å²) in [6, 6.07) is 0. The van der Waals surface area contributed by atoms with E-state index in [1.54, 1.807) is 20.8 Å². The van der Waals surface area contributed by atoms with Gasteiger partial charge in [-0.05, 0) is 25.5 Å². The third-order valence-electron chi connectivity index (χ3n) is 5.73. The van der Waals surface area contributed by atoms with Gasteiger partial charge in [0.05, 0.1) is 11.5 Å². The fourth-order valence-electron chi connectivity index (χ4n) is 4.73. The maximum Gasteiger partial charge on any atom is 0.309 e. The Morgan fingerprint density at radius 3 is 2.65 bits per heavy atom. The zero-order valence-corrected chi connectivity index (χ0v) is 13.7. The molecule has 7 atom stereocenters. The summed E-state index contributed by atoms with van der Waals surface area (Å²) in [7, 11) is 0. The molecule has 6 nitrogen and oxygen atoms in total. The summed E-state index contributed by atoms with van der Waals surface area (Å²) in [5.74, 6) is -2.31. The Bertz CT molecular complexity index is 606. The fraction of sp³-hybridized carbons (Fsp3) is 0.706. The molecule has 0 aromatic heterocycles. The second kappa shape index (κ2) is 4.90. The van der Waals surface area contributed by atoms with Crippen LogP contribution in [0.4, 0.5) is 0 Å². The van der Waals surface area contributed by atoms with Crippen LogP contribution in [0.3, 0.4) is 0 Å². The molecule has 0 bridgehead atoms. The molecule has 126 valence electrons. The minimum absolute atomic E-state index is 0.139. The van der Waals surface area contributed by atoms with Crippen LogP contribution in [0.2, 0.25) is 0 Å². The number of ether oxygens (including phenoxy) is 2. The first-order chi connectivity index (χ1) is 10.6.